The van der Waals surface area contributed by atoms with Gasteiger partial charge in [-0.1, -0.05) is 43.0 Å². The fraction of sp³-hybridized carbons (Fsp3) is 0.406. The largest absolute Gasteiger partial charge is 0.369 e. The van der Waals surface area contributed by atoms with Gasteiger partial charge in [-0.15, -0.1) is 0 Å². The second-order valence-electron chi connectivity index (χ2n) is 11.6. The molecule has 8 heteroatoms. The lowest BCUT2D eigenvalue weighted by Gasteiger charge is -2.44. The molecule has 3 heterocycles. The van der Waals surface area contributed by atoms with Gasteiger partial charge < -0.3 is 25.4 Å². The number of piperidine rings is 1. The SMILES string of the molecule is Cc1ccc(NC(=S)Nc2cc(C(=O)NC3CCCCC3)ccc2N2C[C@H]3C[C@@H](C2)c2cccc(=O)n2C3)cc1. The molecule has 0 unspecified atom stereocenters. The molecule has 208 valence electrons. The molecule has 3 N–H and O–H groups in total. The molecule has 2 fully saturated rings. The molecule has 1 amide bonds. The number of pyridine rings is 1. The number of nitrogens with one attached hydrogen (secondary N) is 3. The number of aromatic nitrogens is 1. The average Bonchev–Trinajstić information content (AvgIpc) is 2.95. The molecule has 0 spiro atoms. The number of carbonyl (C=O) groups excluding carboxylic acids is 1. The van der Waals surface area contributed by atoms with Gasteiger partial charge in [0.05, 0.1) is 11.4 Å². The third-order valence-electron chi connectivity index (χ3n) is 8.58. The minimum Gasteiger partial charge on any atom is -0.369 e. The summed E-state index contributed by atoms with van der Waals surface area (Å²) in [5, 5.41) is 10.4. The van der Waals surface area contributed by atoms with E-state index in [0.717, 1.165) is 61.7 Å². The van der Waals surface area contributed by atoms with Crippen LogP contribution in [0.25, 0.3) is 0 Å². The minimum atomic E-state index is -0.0391. The van der Waals surface area contributed by atoms with Gasteiger partial charge in [-0.2, -0.15) is 0 Å². The van der Waals surface area contributed by atoms with Crippen LogP contribution in [-0.2, 0) is 6.54 Å². The molecule has 1 aromatic heterocycles. The Morgan fingerprint density at radius 2 is 1.73 bits per heavy atom. The van der Waals surface area contributed by atoms with E-state index < -0.39 is 0 Å². The molecule has 1 saturated heterocycles. The zero-order valence-corrected chi connectivity index (χ0v) is 23.8. The Bertz CT molecular complexity index is 1460. The number of benzene rings is 2. The monoisotopic (exact) mass is 555 g/mol. The Morgan fingerprint density at radius 1 is 0.925 bits per heavy atom. The van der Waals surface area contributed by atoms with E-state index in [-0.39, 0.29) is 23.4 Å². The van der Waals surface area contributed by atoms with Crippen molar-refractivity contribution in [2.75, 3.05) is 28.6 Å². The second-order valence-corrected chi connectivity index (χ2v) is 12.0. The summed E-state index contributed by atoms with van der Waals surface area (Å²) in [6, 6.07) is 19.9. The van der Waals surface area contributed by atoms with Gasteiger partial charge >= 0.3 is 0 Å². The van der Waals surface area contributed by atoms with Gasteiger partial charge in [-0.05, 0) is 80.7 Å². The molecule has 40 heavy (non-hydrogen) atoms. The van der Waals surface area contributed by atoms with E-state index >= 15 is 0 Å². The lowest BCUT2D eigenvalue weighted by Crippen LogP contribution is -2.47. The van der Waals surface area contributed by atoms with E-state index in [1.165, 1.54) is 24.8 Å². The molecule has 3 aliphatic rings. The Kier molecular flexibility index (Phi) is 7.61. The van der Waals surface area contributed by atoms with Crippen LogP contribution in [0.15, 0.2) is 65.5 Å². The highest BCUT2D eigenvalue weighted by Gasteiger charge is 2.35. The topological polar surface area (TPSA) is 78.4 Å². The standard InChI is InChI=1S/C32H37N5O2S/c1-21-10-13-26(14-11-21)34-32(40)35-27-17-23(31(39)33-25-6-3-2-4-7-25)12-15-29(27)36-18-22-16-24(20-36)28-8-5-9-30(38)37(28)19-22/h5,8-15,17,22,24-25H,2-4,6-7,16,18-20H2,1H3,(H,33,39)(H2,34,35,40)/t22-,24+/m1/s1. The van der Waals surface area contributed by atoms with E-state index in [1.54, 1.807) is 6.07 Å². The number of fused-ring (bicyclic) bond motifs is 4. The molecule has 1 aliphatic carbocycles. The summed E-state index contributed by atoms with van der Waals surface area (Å²) in [5.41, 5.74) is 5.75. The van der Waals surface area contributed by atoms with Crippen molar-refractivity contribution in [1.29, 1.82) is 0 Å². The maximum atomic E-state index is 13.3. The van der Waals surface area contributed by atoms with E-state index in [4.69, 9.17) is 12.2 Å². The van der Waals surface area contributed by atoms with Crippen LogP contribution in [0, 0.1) is 12.8 Å². The van der Waals surface area contributed by atoms with Gasteiger partial charge in [0.15, 0.2) is 5.11 Å². The molecule has 0 radical (unpaired) electrons. The van der Waals surface area contributed by atoms with Gasteiger partial charge in [0.1, 0.15) is 0 Å². The van der Waals surface area contributed by atoms with Crippen molar-refractivity contribution in [3.05, 3.63) is 87.8 Å². The van der Waals surface area contributed by atoms with Crippen molar-refractivity contribution in [2.24, 2.45) is 5.92 Å². The van der Waals surface area contributed by atoms with Crippen LogP contribution in [-0.4, -0.2) is 34.7 Å². The molecule has 2 atom stereocenters. The predicted molar refractivity (Wildman–Crippen MR) is 166 cm³/mol. The normalized spacial score (nSPS) is 20.4. The molecular weight excluding hydrogens is 518 g/mol. The number of rotatable bonds is 5. The van der Waals surface area contributed by atoms with Crippen LogP contribution in [0.5, 0.6) is 0 Å². The summed E-state index contributed by atoms with van der Waals surface area (Å²) in [7, 11) is 0. The number of aryl methyl sites for hydroxylation is 1. The van der Waals surface area contributed by atoms with Crippen molar-refractivity contribution < 1.29 is 4.79 Å². The molecule has 1 saturated carbocycles. The number of hydrogen-bond donors (Lipinski definition) is 3. The van der Waals surface area contributed by atoms with Crippen molar-refractivity contribution in [2.45, 2.75) is 64.0 Å². The van der Waals surface area contributed by atoms with Gasteiger partial charge in [0.2, 0.25) is 0 Å². The van der Waals surface area contributed by atoms with Crippen molar-refractivity contribution in [3.8, 4) is 0 Å². The Labute approximate surface area is 241 Å². The number of nitrogens with zero attached hydrogens (tertiary/aromatic N) is 2. The molecule has 3 aromatic rings. The van der Waals surface area contributed by atoms with E-state index in [2.05, 4.69) is 33.8 Å². The van der Waals surface area contributed by atoms with E-state index in [0.29, 0.717) is 16.6 Å². The number of hydrogen-bond acceptors (Lipinski definition) is 4. The molecule has 2 aliphatic heterocycles. The minimum absolute atomic E-state index is 0.0391. The van der Waals surface area contributed by atoms with Gasteiger partial charge in [0, 0.05) is 54.6 Å². The van der Waals surface area contributed by atoms with Gasteiger partial charge in [-0.25, -0.2) is 0 Å². The Balaban J connectivity index is 1.27. The third-order valence-corrected chi connectivity index (χ3v) is 8.78. The first-order valence-corrected chi connectivity index (χ1v) is 14.9. The van der Waals surface area contributed by atoms with Crippen molar-refractivity contribution >= 4 is 40.3 Å². The first-order valence-electron chi connectivity index (χ1n) is 14.5. The summed E-state index contributed by atoms with van der Waals surface area (Å²) in [4.78, 5) is 28.2. The highest BCUT2D eigenvalue weighted by atomic mass is 32.1. The zero-order valence-electron chi connectivity index (χ0n) is 23.0. The van der Waals surface area contributed by atoms with Crippen LogP contribution in [0.4, 0.5) is 17.1 Å². The number of amides is 1. The summed E-state index contributed by atoms with van der Waals surface area (Å²) in [6.07, 6.45) is 6.75. The second kappa shape index (κ2) is 11.5. The Morgan fingerprint density at radius 3 is 2.52 bits per heavy atom. The third kappa shape index (κ3) is 5.77. The van der Waals surface area contributed by atoms with Crippen LogP contribution >= 0.6 is 12.2 Å². The fourth-order valence-electron chi connectivity index (χ4n) is 6.58. The van der Waals surface area contributed by atoms with Crippen molar-refractivity contribution in [1.82, 2.24) is 9.88 Å². The lowest BCUT2D eigenvalue weighted by atomic mass is 9.83. The zero-order chi connectivity index (χ0) is 27.6. The smallest absolute Gasteiger partial charge is 0.251 e. The van der Waals surface area contributed by atoms with Crippen LogP contribution < -0.4 is 26.4 Å². The molecule has 6 rings (SSSR count). The van der Waals surface area contributed by atoms with Crippen molar-refractivity contribution in [3.63, 3.8) is 0 Å². The Hall–Kier alpha value is -3.65. The first-order chi connectivity index (χ1) is 19.4. The quantitative estimate of drug-likeness (QED) is 0.353. The highest BCUT2D eigenvalue weighted by Crippen LogP contribution is 2.39. The summed E-state index contributed by atoms with van der Waals surface area (Å²) < 4.78 is 1.95. The molecule has 7 nitrogen and oxygen atoms in total. The number of anilines is 3. The summed E-state index contributed by atoms with van der Waals surface area (Å²) in [5.74, 6) is 0.620. The van der Waals surface area contributed by atoms with Gasteiger partial charge in [-0.3, -0.25) is 9.59 Å². The maximum Gasteiger partial charge on any atom is 0.251 e. The van der Waals surface area contributed by atoms with E-state index in [9.17, 15) is 9.59 Å². The number of thiocarbonyl (C=S) groups is 1. The maximum absolute atomic E-state index is 13.3. The molecular formula is C32H37N5O2S. The average molecular weight is 556 g/mol. The van der Waals surface area contributed by atoms with Crippen LogP contribution in [0.1, 0.15) is 66.1 Å². The highest BCUT2D eigenvalue weighted by molar-refractivity contribution is 7.80. The number of carbonyl (C=O) groups is 1. The molecule has 2 bridgehead atoms. The first kappa shape index (κ1) is 26.6. The lowest BCUT2D eigenvalue weighted by molar-refractivity contribution is 0.0927. The summed E-state index contributed by atoms with van der Waals surface area (Å²) >= 11 is 5.72. The van der Waals surface area contributed by atoms with Crippen LogP contribution in [0.2, 0.25) is 0 Å². The molecule has 2 aromatic carbocycles. The fourth-order valence-corrected chi connectivity index (χ4v) is 6.81. The van der Waals surface area contributed by atoms with Crippen LogP contribution in [0.3, 0.4) is 0 Å². The predicted octanol–water partition coefficient (Wildman–Crippen LogP) is 5.65. The van der Waals surface area contributed by atoms with Gasteiger partial charge in [0.25, 0.3) is 11.5 Å². The van der Waals surface area contributed by atoms with E-state index in [1.807, 2.05) is 53.1 Å². The summed E-state index contributed by atoms with van der Waals surface area (Å²) in [6.45, 7) is 4.44.